The Morgan fingerprint density at radius 1 is 1.00 bits per heavy atom. The molecule has 2 rings (SSSR count). The molecule has 0 aromatic heterocycles. The number of methoxy groups -OCH3 is 1. The van der Waals surface area contributed by atoms with E-state index in [2.05, 4.69) is 22.9 Å². The standard InChI is InChI=1S/C20H25N3O5/c1-3-4-5-11-21-19(24)22-15-9-10-17(18(13-15)27-2)28-16-8-6-7-14(12-16)23-20(25)26/h6-10,12-13,23H,3-5,11H2,1-2H3,(H,25,26)(H2,21,22,24). The molecule has 0 atom stereocenters. The van der Waals surface area contributed by atoms with E-state index in [0.717, 1.165) is 19.3 Å². The highest BCUT2D eigenvalue weighted by Crippen LogP contribution is 2.34. The molecule has 0 radical (unpaired) electrons. The Hall–Kier alpha value is -3.42. The fraction of sp³-hybridized carbons (Fsp3) is 0.300. The SMILES string of the molecule is CCCCCNC(=O)Nc1ccc(Oc2cccc(NC(=O)O)c2)c(OC)c1. The third-order valence-corrected chi connectivity index (χ3v) is 3.80. The maximum atomic E-state index is 11.9. The van der Waals surface area contributed by atoms with Gasteiger partial charge in [0.2, 0.25) is 0 Å². The highest BCUT2D eigenvalue weighted by atomic mass is 16.5. The van der Waals surface area contributed by atoms with Crippen molar-refractivity contribution in [3.63, 3.8) is 0 Å². The summed E-state index contributed by atoms with van der Waals surface area (Å²) in [5, 5.41) is 16.6. The number of ether oxygens (including phenoxy) is 2. The molecule has 0 unspecified atom stereocenters. The van der Waals surface area contributed by atoms with Crippen molar-refractivity contribution in [1.82, 2.24) is 5.32 Å². The quantitative estimate of drug-likeness (QED) is 0.458. The molecule has 28 heavy (non-hydrogen) atoms. The Morgan fingerprint density at radius 3 is 2.50 bits per heavy atom. The van der Waals surface area contributed by atoms with Gasteiger partial charge in [-0.15, -0.1) is 0 Å². The number of nitrogens with one attached hydrogen (secondary N) is 3. The van der Waals surface area contributed by atoms with Gasteiger partial charge in [0.25, 0.3) is 0 Å². The van der Waals surface area contributed by atoms with E-state index in [1.807, 2.05) is 0 Å². The van der Waals surface area contributed by atoms with E-state index < -0.39 is 6.09 Å². The minimum absolute atomic E-state index is 0.278. The Morgan fingerprint density at radius 2 is 1.79 bits per heavy atom. The molecule has 2 aromatic rings. The summed E-state index contributed by atoms with van der Waals surface area (Å²) in [4.78, 5) is 22.7. The molecule has 0 aliphatic carbocycles. The van der Waals surface area contributed by atoms with Crippen LogP contribution in [0.1, 0.15) is 26.2 Å². The van der Waals surface area contributed by atoms with Crippen molar-refractivity contribution in [3.8, 4) is 17.2 Å². The molecule has 0 saturated heterocycles. The van der Waals surface area contributed by atoms with E-state index in [1.165, 1.54) is 7.11 Å². The lowest BCUT2D eigenvalue weighted by atomic mass is 10.2. The maximum Gasteiger partial charge on any atom is 0.409 e. The first-order chi connectivity index (χ1) is 13.5. The van der Waals surface area contributed by atoms with Gasteiger partial charge in [0.05, 0.1) is 7.11 Å². The molecule has 3 amide bonds. The smallest absolute Gasteiger partial charge is 0.409 e. The first kappa shape index (κ1) is 20.9. The van der Waals surface area contributed by atoms with Crippen LogP contribution in [0.2, 0.25) is 0 Å². The van der Waals surface area contributed by atoms with Crippen molar-refractivity contribution in [1.29, 1.82) is 0 Å². The molecule has 8 nitrogen and oxygen atoms in total. The zero-order valence-electron chi connectivity index (χ0n) is 16.0. The number of hydrogen-bond donors (Lipinski definition) is 4. The van der Waals surface area contributed by atoms with Gasteiger partial charge in [0.1, 0.15) is 5.75 Å². The van der Waals surface area contributed by atoms with Crippen LogP contribution in [-0.4, -0.2) is 30.9 Å². The number of unbranched alkanes of at least 4 members (excludes halogenated alkanes) is 2. The Bertz CT molecular complexity index is 810. The van der Waals surface area contributed by atoms with Crippen LogP contribution in [-0.2, 0) is 0 Å². The van der Waals surface area contributed by atoms with Gasteiger partial charge in [0, 0.05) is 30.1 Å². The molecule has 8 heteroatoms. The lowest BCUT2D eigenvalue weighted by molar-refractivity contribution is 0.209. The van der Waals surface area contributed by atoms with Crippen LogP contribution in [0.5, 0.6) is 17.2 Å². The maximum absolute atomic E-state index is 11.9. The van der Waals surface area contributed by atoms with Crippen molar-refractivity contribution >= 4 is 23.5 Å². The summed E-state index contributed by atoms with van der Waals surface area (Å²) < 4.78 is 11.1. The van der Waals surface area contributed by atoms with Crippen LogP contribution in [0.25, 0.3) is 0 Å². The molecule has 4 N–H and O–H groups in total. The average Bonchev–Trinajstić information content (AvgIpc) is 2.66. The third kappa shape index (κ3) is 6.71. The molecule has 150 valence electrons. The summed E-state index contributed by atoms with van der Waals surface area (Å²) in [6.45, 7) is 2.73. The summed E-state index contributed by atoms with van der Waals surface area (Å²) in [5.74, 6) is 1.31. The summed E-state index contributed by atoms with van der Waals surface area (Å²) in [6, 6.07) is 11.3. The predicted molar refractivity (Wildman–Crippen MR) is 108 cm³/mol. The van der Waals surface area contributed by atoms with Gasteiger partial charge < -0.3 is 25.2 Å². The molecule has 0 aliphatic heterocycles. The van der Waals surface area contributed by atoms with Crippen molar-refractivity contribution < 1.29 is 24.2 Å². The van der Waals surface area contributed by atoms with Gasteiger partial charge in [-0.1, -0.05) is 25.8 Å². The summed E-state index contributed by atoms with van der Waals surface area (Å²) >= 11 is 0. The lowest BCUT2D eigenvalue weighted by Crippen LogP contribution is -2.29. The van der Waals surface area contributed by atoms with E-state index in [4.69, 9.17) is 14.6 Å². The van der Waals surface area contributed by atoms with E-state index in [-0.39, 0.29) is 6.03 Å². The van der Waals surface area contributed by atoms with E-state index >= 15 is 0 Å². The number of rotatable bonds is 9. The highest BCUT2D eigenvalue weighted by molar-refractivity contribution is 5.89. The van der Waals surface area contributed by atoms with Crippen LogP contribution in [0, 0.1) is 0 Å². The van der Waals surface area contributed by atoms with Crippen LogP contribution >= 0.6 is 0 Å². The van der Waals surface area contributed by atoms with Crippen LogP contribution in [0.3, 0.4) is 0 Å². The second-order valence-corrected chi connectivity index (χ2v) is 6.01. The van der Waals surface area contributed by atoms with Gasteiger partial charge in [-0.05, 0) is 30.7 Å². The first-order valence-corrected chi connectivity index (χ1v) is 9.02. The number of amides is 3. The van der Waals surface area contributed by atoms with Crippen LogP contribution in [0.15, 0.2) is 42.5 Å². The number of carbonyl (C=O) groups is 2. The van der Waals surface area contributed by atoms with Crippen molar-refractivity contribution in [2.45, 2.75) is 26.2 Å². The lowest BCUT2D eigenvalue weighted by Gasteiger charge is -2.13. The molecule has 0 bridgehead atoms. The van der Waals surface area contributed by atoms with Gasteiger partial charge in [-0.2, -0.15) is 0 Å². The molecule has 0 fully saturated rings. The largest absolute Gasteiger partial charge is 0.493 e. The fourth-order valence-electron chi connectivity index (χ4n) is 2.47. The molecule has 2 aromatic carbocycles. The molecule has 0 spiro atoms. The number of hydrogen-bond acceptors (Lipinski definition) is 4. The fourth-order valence-corrected chi connectivity index (χ4v) is 2.47. The van der Waals surface area contributed by atoms with Gasteiger partial charge >= 0.3 is 12.1 Å². The second kappa shape index (κ2) is 10.7. The van der Waals surface area contributed by atoms with Gasteiger partial charge in [-0.25, -0.2) is 9.59 Å². The van der Waals surface area contributed by atoms with E-state index in [9.17, 15) is 9.59 Å². The summed E-state index contributed by atoms with van der Waals surface area (Å²) in [5.41, 5.74) is 0.959. The zero-order chi connectivity index (χ0) is 20.4. The normalized spacial score (nSPS) is 10.1. The summed E-state index contributed by atoms with van der Waals surface area (Å²) in [6.07, 6.45) is 1.95. The number of carbonyl (C=O) groups excluding carboxylic acids is 1. The number of urea groups is 1. The minimum atomic E-state index is -1.15. The van der Waals surface area contributed by atoms with Crippen molar-refractivity contribution in [2.75, 3.05) is 24.3 Å². The third-order valence-electron chi connectivity index (χ3n) is 3.80. The van der Waals surface area contributed by atoms with Crippen LogP contribution < -0.4 is 25.4 Å². The van der Waals surface area contributed by atoms with Crippen molar-refractivity contribution in [2.24, 2.45) is 0 Å². The first-order valence-electron chi connectivity index (χ1n) is 9.02. The molecule has 0 saturated carbocycles. The highest BCUT2D eigenvalue weighted by Gasteiger charge is 2.10. The number of benzene rings is 2. The van der Waals surface area contributed by atoms with Crippen molar-refractivity contribution in [3.05, 3.63) is 42.5 Å². The molecular weight excluding hydrogens is 362 g/mol. The second-order valence-electron chi connectivity index (χ2n) is 6.01. The topological polar surface area (TPSA) is 109 Å². The zero-order valence-corrected chi connectivity index (χ0v) is 16.0. The van der Waals surface area contributed by atoms with Gasteiger partial charge in [0.15, 0.2) is 11.5 Å². The monoisotopic (exact) mass is 387 g/mol. The average molecular weight is 387 g/mol. The Balaban J connectivity index is 2.03. The molecule has 0 aliphatic rings. The minimum Gasteiger partial charge on any atom is -0.493 e. The Kier molecular flexibility index (Phi) is 7.95. The predicted octanol–water partition coefficient (Wildman–Crippen LogP) is 4.89. The van der Waals surface area contributed by atoms with E-state index in [0.29, 0.717) is 35.2 Å². The van der Waals surface area contributed by atoms with E-state index in [1.54, 1.807) is 42.5 Å². The molecule has 0 heterocycles. The van der Waals surface area contributed by atoms with Gasteiger partial charge in [-0.3, -0.25) is 5.32 Å². The summed E-state index contributed by atoms with van der Waals surface area (Å²) in [7, 11) is 1.50. The van der Waals surface area contributed by atoms with Crippen LogP contribution in [0.4, 0.5) is 21.0 Å². The number of carboxylic acid groups (broad SMARTS) is 1. The number of anilines is 2. The Labute approximate surface area is 163 Å². The molecular formula is C20H25N3O5.